The van der Waals surface area contributed by atoms with Gasteiger partial charge in [0.15, 0.2) is 0 Å². The molecule has 4 saturated carbocycles. The zero-order chi connectivity index (χ0) is 15.7. The normalized spacial score (nSPS) is 53.5. The monoisotopic (exact) mass is 304 g/mol. The van der Waals surface area contributed by atoms with Gasteiger partial charge in [0.2, 0.25) is 0 Å². The highest BCUT2D eigenvalue weighted by atomic mass is 16.3. The Labute approximate surface area is 135 Å². The highest BCUT2D eigenvalue weighted by molar-refractivity contribution is 5.80. The first-order valence-electron chi connectivity index (χ1n) is 9.53. The van der Waals surface area contributed by atoms with Gasteiger partial charge in [-0.15, -0.1) is 0 Å². The summed E-state index contributed by atoms with van der Waals surface area (Å²) in [7, 11) is 0. The molecule has 1 N–H and O–H groups in total. The lowest BCUT2D eigenvalue weighted by molar-refractivity contribution is -0.142. The van der Waals surface area contributed by atoms with Gasteiger partial charge < -0.3 is 5.11 Å². The molecule has 0 aromatic rings. The number of ketones is 1. The fraction of sp³-hybridized carbons (Fsp3) is 0.950. The maximum absolute atomic E-state index is 12.1. The molecule has 4 aliphatic carbocycles. The van der Waals surface area contributed by atoms with Crippen molar-refractivity contribution in [3.8, 4) is 0 Å². The van der Waals surface area contributed by atoms with Gasteiger partial charge in [0.1, 0.15) is 5.78 Å². The van der Waals surface area contributed by atoms with Crippen LogP contribution in [0.4, 0.5) is 0 Å². The van der Waals surface area contributed by atoms with Crippen molar-refractivity contribution in [1.29, 1.82) is 0 Å². The van der Waals surface area contributed by atoms with Crippen molar-refractivity contribution in [3.63, 3.8) is 0 Å². The van der Waals surface area contributed by atoms with Crippen LogP contribution >= 0.6 is 0 Å². The molecule has 0 radical (unpaired) electrons. The molecule has 0 aromatic heterocycles. The van der Waals surface area contributed by atoms with E-state index in [-0.39, 0.29) is 16.9 Å². The second-order valence-electron chi connectivity index (χ2n) is 9.84. The van der Waals surface area contributed by atoms with E-state index < -0.39 is 0 Å². The molecule has 0 saturated heterocycles. The molecule has 0 unspecified atom stereocenters. The Kier molecular flexibility index (Phi) is 3.32. The van der Waals surface area contributed by atoms with E-state index in [1.807, 2.05) is 0 Å². The van der Waals surface area contributed by atoms with Crippen LogP contribution in [0.15, 0.2) is 0 Å². The second kappa shape index (κ2) is 4.82. The Hall–Kier alpha value is -0.370. The molecule has 4 aliphatic rings. The Morgan fingerprint density at radius 2 is 1.77 bits per heavy atom. The van der Waals surface area contributed by atoms with Crippen molar-refractivity contribution in [2.75, 3.05) is 0 Å². The summed E-state index contributed by atoms with van der Waals surface area (Å²) in [6, 6.07) is 0. The number of fused-ring (bicyclic) bond motifs is 5. The third-order valence-electron chi connectivity index (χ3n) is 8.33. The lowest BCUT2D eigenvalue weighted by Crippen LogP contribution is -2.53. The van der Waals surface area contributed by atoms with Crippen molar-refractivity contribution in [2.24, 2.45) is 40.4 Å². The van der Waals surface area contributed by atoms with E-state index in [2.05, 4.69) is 20.8 Å². The predicted octanol–water partition coefficient (Wildman–Crippen LogP) is 4.21. The third-order valence-corrected chi connectivity index (χ3v) is 8.33. The minimum absolute atomic E-state index is 0.0721. The summed E-state index contributed by atoms with van der Waals surface area (Å²) >= 11 is 0. The van der Waals surface area contributed by atoms with Crippen LogP contribution < -0.4 is 0 Å². The van der Waals surface area contributed by atoms with Gasteiger partial charge in [0.05, 0.1) is 6.10 Å². The maximum atomic E-state index is 12.1. The molecule has 2 nitrogen and oxygen atoms in total. The van der Waals surface area contributed by atoms with Crippen LogP contribution in [-0.4, -0.2) is 17.0 Å². The topological polar surface area (TPSA) is 37.3 Å². The molecule has 124 valence electrons. The summed E-state index contributed by atoms with van der Waals surface area (Å²) < 4.78 is 0. The predicted molar refractivity (Wildman–Crippen MR) is 87.3 cm³/mol. The van der Waals surface area contributed by atoms with Crippen molar-refractivity contribution in [2.45, 2.75) is 78.2 Å². The molecule has 0 bridgehead atoms. The minimum atomic E-state index is -0.0721. The first-order chi connectivity index (χ1) is 10.3. The first kappa shape index (κ1) is 15.2. The molecular weight excluding hydrogens is 272 g/mol. The van der Waals surface area contributed by atoms with Gasteiger partial charge in [0.25, 0.3) is 0 Å². The number of hydrogen-bond acceptors (Lipinski definition) is 2. The summed E-state index contributed by atoms with van der Waals surface area (Å²) in [6.07, 6.45) is 8.86. The zero-order valence-electron chi connectivity index (χ0n) is 14.5. The van der Waals surface area contributed by atoms with Crippen molar-refractivity contribution in [1.82, 2.24) is 0 Å². The molecule has 0 amide bonds. The summed E-state index contributed by atoms with van der Waals surface area (Å²) in [5, 5.41) is 10.5. The van der Waals surface area contributed by atoms with Crippen LogP contribution in [0.25, 0.3) is 0 Å². The molecule has 0 aromatic carbocycles. The van der Waals surface area contributed by atoms with Gasteiger partial charge in [-0.25, -0.2) is 0 Å². The Balaban J connectivity index is 1.65. The highest BCUT2D eigenvalue weighted by Gasteiger charge is 2.59. The molecular formula is C20H32O2. The van der Waals surface area contributed by atoms with Crippen LogP contribution in [-0.2, 0) is 4.79 Å². The van der Waals surface area contributed by atoms with E-state index in [1.165, 1.54) is 32.1 Å². The standard InChI is InChI=1S/C20H32O2/c1-19(2)11-13(21)10-12-4-5-14-15(18(12)19)8-9-20(3)16(14)6-7-17(20)22/h12,14-18,22H,4-11H2,1-3H3/t12-,14+,15-,16-,17-,18-,20-/m0/s1. The van der Waals surface area contributed by atoms with Crippen LogP contribution in [0, 0.1) is 40.4 Å². The Morgan fingerprint density at radius 1 is 1.00 bits per heavy atom. The lowest BCUT2D eigenvalue weighted by Gasteiger charge is -2.59. The minimum Gasteiger partial charge on any atom is -0.393 e. The third kappa shape index (κ3) is 1.98. The number of carbonyl (C=O) groups excluding carboxylic acids is 1. The van der Waals surface area contributed by atoms with E-state index in [1.54, 1.807) is 0 Å². The van der Waals surface area contributed by atoms with Crippen LogP contribution in [0.2, 0.25) is 0 Å². The SMILES string of the molecule is CC1(C)CC(=O)C[C@@H]2CC[C@@H]3[C@H](CC[C@]4(C)[C@@H](O)CC[C@@H]34)[C@H]21. The van der Waals surface area contributed by atoms with E-state index in [4.69, 9.17) is 0 Å². The van der Waals surface area contributed by atoms with E-state index in [0.717, 1.165) is 42.9 Å². The maximum Gasteiger partial charge on any atom is 0.133 e. The fourth-order valence-electron chi connectivity index (χ4n) is 7.52. The summed E-state index contributed by atoms with van der Waals surface area (Å²) in [5.41, 5.74) is 0.372. The number of carbonyl (C=O) groups is 1. The fourth-order valence-corrected chi connectivity index (χ4v) is 7.52. The molecule has 4 fully saturated rings. The van der Waals surface area contributed by atoms with Gasteiger partial charge in [-0.3, -0.25) is 4.79 Å². The Morgan fingerprint density at radius 3 is 2.55 bits per heavy atom. The van der Waals surface area contributed by atoms with E-state index in [0.29, 0.717) is 11.7 Å². The molecule has 22 heavy (non-hydrogen) atoms. The van der Waals surface area contributed by atoms with Crippen molar-refractivity contribution >= 4 is 5.78 Å². The Bertz CT molecular complexity index is 482. The van der Waals surface area contributed by atoms with Crippen molar-refractivity contribution < 1.29 is 9.90 Å². The van der Waals surface area contributed by atoms with Gasteiger partial charge in [-0.2, -0.15) is 0 Å². The number of Topliss-reactive ketones (excluding diaryl/α,β-unsaturated/α-hetero) is 1. The van der Waals surface area contributed by atoms with Gasteiger partial charge >= 0.3 is 0 Å². The van der Waals surface area contributed by atoms with Crippen LogP contribution in [0.3, 0.4) is 0 Å². The molecule has 4 rings (SSSR count). The number of aliphatic hydroxyl groups is 1. The quantitative estimate of drug-likeness (QED) is 0.728. The van der Waals surface area contributed by atoms with Crippen LogP contribution in [0.1, 0.15) is 72.1 Å². The average molecular weight is 304 g/mol. The van der Waals surface area contributed by atoms with Crippen LogP contribution in [0.5, 0.6) is 0 Å². The number of aliphatic hydroxyl groups excluding tert-OH is 1. The van der Waals surface area contributed by atoms with Gasteiger partial charge in [-0.1, -0.05) is 20.8 Å². The molecule has 0 aliphatic heterocycles. The molecule has 0 spiro atoms. The highest BCUT2D eigenvalue weighted by Crippen LogP contribution is 2.64. The molecule has 0 heterocycles. The molecule has 7 atom stereocenters. The first-order valence-corrected chi connectivity index (χ1v) is 9.53. The summed E-state index contributed by atoms with van der Waals surface area (Å²) in [6.45, 7) is 7.05. The van der Waals surface area contributed by atoms with E-state index >= 15 is 0 Å². The lowest BCUT2D eigenvalue weighted by atomic mass is 9.46. The van der Waals surface area contributed by atoms with Gasteiger partial charge in [0, 0.05) is 12.8 Å². The van der Waals surface area contributed by atoms with Gasteiger partial charge in [-0.05, 0) is 78.9 Å². The largest absolute Gasteiger partial charge is 0.393 e. The summed E-state index contributed by atoms with van der Waals surface area (Å²) in [4.78, 5) is 12.1. The second-order valence-corrected chi connectivity index (χ2v) is 9.84. The average Bonchev–Trinajstić information content (AvgIpc) is 2.73. The molecule has 2 heteroatoms. The van der Waals surface area contributed by atoms with Crippen molar-refractivity contribution in [3.05, 3.63) is 0 Å². The summed E-state index contributed by atoms with van der Waals surface area (Å²) in [5.74, 6) is 4.24. The number of rotatable bonds is 0. The number of hydrogen-bond donors (Lipinski definition) is 1. The smallest absolute Gasteiger partial charge is 0.133 e. The van der Waals surface area contributed by atoms with E-state index in [9.17, 15) is 9.90 Å². The zero-order valence-corrected chi connectivity index (χ0v) is 14.5.